The van der Waals surface area contributed by atoms with E-state index in [1.54, 1.807) is 7.11 Å². The van der Waals surface area contributed by atoms with Crippen molar-refractivity contribution in [1.82, 2.24) is 20.1 Å². The molecule has 2 aromatic rings. The first kappa shape index (κ1) is 16.6. The summed E-state index contributed by atoms with van der Waals surface area (Å²) >= 11 is 0. The molecule has 7 nitrogen and oxygen atoms in total. The number of hydrogen-bond donors (Lipinski definition) is 2. The molecule has 1 atom stereocenters. The van der Waals surface area contributed by atoms with Gasteiger partial charge in [0.1, 0.15) is 11.9 Å². The van der Waals surface area contributed by atoms with Crippen molar-refractivity contribution in [2.24, 2.45) is 5.73 Å². The molecule has 1 aromatic carbocycles. The van der Waals surface area contributed by atoms with Gasteiger partial charge in [0, 0.05) is 31.7 Å². The lowest BCUT2D eigenvalue weighted by molar-refractivity contribution is -0.134. The largest absolute Gasteiger partial charge is 0.383 e. The van der Waals surface area contributed by atoms with Gasteiger partial charge in [-0.05, 0) is 12.8 Å². The van der Waals surface area contributed by atoms with Gasteiger partial charge >= 0.3 is 0 Å². The number of nitrogens with two attached hydrogens (primary N) is 1. The van der Waals surface area contributed by atoms with E-state index in [0.29, 0.717) is 18.9 Å². The van der Waals surface area contributed by atoms with E-state index in [9.17, 15) is 4.79 Å². The highest BCUT2D eigenvalue weighted by atomic mass is 16.5. The smallest absolute Gasteiger partial charge is 0.241 e. The molecule has 7 heteroatoms. The van der Waals surface area contributed by atoms with Crippen LogP contribution >= 0.6 is 0 Å². The van der Waals surface area contributed by atoms with Gasteiger partial charge in [0.15, 0.2) is 5.82 Å². The number of benzene rings is 1. The van der Waals surface area contributed by atoms with Gasteiger partial charge in [-0.1, -0.05) is 30.3 Å². The van der Waals surface area contributed by atoms with Gasteiger partial charge in [-0.25, -0.2) is 4.98 Å². The first-order chi connectivity index (χ1) is 11.7. The molecule has 1 saturated heterocycles. The predicted octanol–water partition coefficient (Wildman–Crippen LogP) is 1.15. The van der Waals surface area contributed by atoms with E-state index >= 15 is 0 Å². The van der Waals surface area contributed by atoms with Crippen molar-refractivity contribution in [3.8, 4) is 11.4 Å². The summed E-state index contributed by atoms with van der Waals surface area (Å²) in [6.45, 7) is 1.62. The number of likely N-dealkylation sites (tertiary alicyclic amines) is 1. The van der Waals surface area contributed by atoms with E-state index in [1.807, 2.05) is 35.2 Å². The maximum absolute atomic E-state index is 12.2. The SMILES string of the molecule is COCC(N)C(=O)N1CCC(c2nc(-c3ccccc3)n[nH]2)CC1. The minimum atomic E-state index is -0.582. The number of piperidine rings is 1. The van der Waals surface area contributed by atoms with Crippen LogP contribution < -0.4 is 5.73 Å². The van der Waals surface area contributed by atoms with E-state index in [-0.39, 0.29) is 18.4 Å². The number of aromatic amines is 1. The number of aromatic nitrogens is 3. The Labute approximate surface area is 141 Å². The minimum Gasteiger partial charge on any atom is -0.383 e. The molecule has 0 spiro atoms. The molecule has 0 radical (unpaired) electrons. The fraction of sp³-hybridized carbons (Fsp3) is 0.471. The van der Waals surface area contributed by atoms with Crippen molar-refractivity contribution in [3.63, 3.8) is 0 Å². The number of nitrogens with one attached hydrogen (secondary N) is 1. The first-order valence-corrected chi connectivity index (χ1v) is 8.20. The number of carbonyl (C=O) groups excluding carboxylic acids is 1. The molecular formula is C17H23N5O2. The third-order valence-corrected chi connectivity index (χ3v) is 4.39. The lowest BCUT2D eigenvalue weighted by Gasteiger charge is -2.32. The average molecular weight is 329 g/mol. The Hall–Kier alpha value is -2.25. The molecule has 1 fully saturated rings. The molecule has 0 bridgehead atoms. The summed E-state index contributed by atoms with van der Waals surface area (Å²) in [7, 11) is 1.55. The van der Waals surface area contributed by atoms with Crippen molar-refractivity contribution >= 4 is 5.91 Å². The van der Waals surface area contributed by atoms with Gasteiger partial charge in [0.05, 0.1) is 6.61 Å². The van der Waals surface area contributed by atoms with Crippen molar-refractivity contribution in [1.29, 1.82) is 0 Å². The number of ether oxygens (including phenoxy) is 1. The van der Waals surface area contributed by atoms with Gasteiger partial charge in [-0.2, -0.15) is 5.10 Å². The number of hydrogen-bond acceptors (Lipinski definition) is 5. The molecule has 1 unspecified atom stereocenters. The van der Waals surface area contributed by atoms with E-state index in [0.717, 1.165) is 24.2 Å². The van der Waals surface area contributed by atoms with Crippen LogP contribution in [0.1, 0.15) is 24.6 Å². The molecular weight excluding hydrogens is 306 g/mol. The second-order valence-corrected chi connectivity index (χ2v) is 6.07. The van der Waals surface area contributed by atoms with Crippen LogP contribution in [-0.4, -0.2) is 58.8 Å². The fourth-order valence-electron chi connectivity index (χ4n) is 3.03. The zero-order chi connectivity index (χ0) is 16.9. The van der Waals surface area contributed by atoms with E-state index < -0.39 is 6.04 Å². The van der Waals surface area contributed by atoms with Crippen LogP contribution in [0.3, 0.4) is 0 Å². The fourth-order valence-corrected chi connectivity index (χ4v) is 3.03. The van der Waals surface area contributed by atoms with Crippen LogP contribution in [0.2, 0.25) is 0 Å². The Balaban J connectivity index is 1.59. The number of amides is 1. The standard InChI is InChI=1S/C17H23N5O2/c1-24-11-14(18)17(23)22-9-7-13(8-10-22)16-19-15(20-21-16)12-5-3-2-4-6-12/h2-6,13-14H,7-11,18H2,1H3,(H,19,20,21). The van der Waals surface area contributed by atoms with Crippen LogP contribution in [0.15, 0.2) is 30.3 Å². The van der Waals surface area contributed by atoms with Crippen LogP contribution in [0.5, 0.6) is 0 Å². The summed E-state index contributed by atoms with van der Waals surface area (Å²) in [4.78, 5) is 18.6. The molecule has 128 valence electrons. The summed E-state index contributed by atoms with van der Waals surface area (Å²) in [6, 6.07) is 9.31. The summed E-state index contributed by atoms with van der Waals surface area (Å²) in [5.41, 5.74) is 6.83. The Morgan fingerprint density at radius 2 is 2.08 bits per heavy atom. The number of H-pyrrole nitrogens is 1. The van der Waals surface area contributed by atoms with Gasteiger partial charge in [-0.15, -0.1) is 0 Å². The normalized spacial score (nSPS) is 17.0. The highest BCUT2D eigenvalue weighted by Gasteiger charge is 2.28. The van der Waals surface area contributed by atoms with Crippen LogP contribution in [-0.2, 0) is 9.53 Å². The second kappa shape index (κ2) is 7.55. The topological polar surface area (TPSA) is 97.1 Å². The predicted molar refractivity (Wildman–Crippen MR) is 90.2 cm³/mol. The van der Waals surface area contributed by atoms with E-state index in [1.165, 1.54) is 0 Å². The molecule has 1 aliphatic heterocycles. The summed E-state index contributed by atoms with van der Waals surface area (Å²) in [5.74, 6) is 1.85. The van der Waals surface area contributed by atoms with Gasteiger partial charge < -0.3 is 15.4 Å². The zero-order valence-electron chi connectivity index (χ0n) is 13.8. The highest BCUT2D eigenvalue weighted by Crippen LogP contribution is 2.27. The Bertz CT molecular complexity index is 665. The number of carbonyl (C=O) groups is 1. The first-order valence-electron chi connectivity index (χ1n) is 8.20. The lowest BCUT2D eigenvalue weighted by atomic mass is 9.95. The quantitative estimate of drug-likeness (QED) is 0.858. The van der Waals surface area contributed by atoms with Crippen LogP contribution in [0.25, 0.3) is 11.4 Å². The average Bonchev–Trinajstić information content (AvgIpc) is 3.12. The maximum Gasteiger partial charge on any atom is 0.241 e. The number of methoxy groups -OCH3 is 1. The van der Waals surface area contributed by atoms with E-state index in [2.05, 4.69) is 15.2 Å². The molecule has 3 rings (SSSR count). The van der Waals surface area contributed by atoms with Crippen molar-refractivity contribution < 1.29 is 9.53 Å². The second-order valence-electron chi connectivity index (χ2n) is 6.07. The van der Waals surface area contributed by atoms with Gasteiger partial charge in [0.25, 0.3) is 0 Å². The van der Waals surface area contributed by atoms with Crippen molar-refractivity contribution in [3.05, 3.63) is 36.2 Å². The third-order valence-electron chi connectivity index (χ3n) is 4.39. The monoisotopic (exact) mass is 329 g/mol. The summed E-state index contributed by atoms with van der Waals surface area (Å²) in [5, 5.41) is 7.37. The molecule has 1 aliphatic rings. The van der Waals surface area contributed by atoms with E-state index in [4.69, 9.17) is 10.5 Å². The van der Waals surface area contributed by atoms with Crippen LogP contribution in [0.4, 0.5) is 0 Å². The molecule has 24 heavy (non-hydrogen) atoms. The van der Waals surface area contributed by atoms with Crippen molar-refractivity contribution in [2.45, 2.75) is 24.8 Å². The third kappa shape index (κ3) is 3.63. The molecule has 0 aliphatic carbocycles. The minimum absolute atomic E-state index is 0.0437. The Morgan fingerprint density at radius 3 is 2.75 bits per heavy atom. The summed E-state index contributed by atoms with van der Waals surface area (Å²) in [6.07, 6.45) is 1.71. The molecule has 1 aromatic heterocycles. The molecule has 1 amide bonds. The Kier molecular flexibility index (Phi) is 5.22. The molecule has 2 heterocycles. The molecule has 0 saturated carbocycles. The van der Waals surface area contributed by atoms with Crippen molar-refractivity contribution in [2.75, 3.05) is 26.8 Å². The van der Waals surface area contributed by atoms with Gasteiger partial charge in [0.2, 0.25) is 5.91 Å². The van der Waals surface area contributed by atoms with Gasteiger partial charge in [-0.3, -0.25) is 9.89 Å². The maximum atomic E-state index is 12.2. The molecule has 3 N–H and O–H groups in total. The number of nitrogens with zero attached hydrogens (tertiary/aromatic N) is 3. The summed E-state index contributed by atoms with van der Waals surface area (Å²) < 4.78 is 4.96. The zero-order valence-corrected chi connectivity index (χ0v) is 13.8. The highest BCUT2D eigenvalue weighted by molar-refractivity contribution is 5.81. The lowest BCUT2D eigenvalue weighted by Crippen LogP contribution is -2.48. The Morgan fingerprint density at radius 1 is 1.38 bits per heavy atom. The number of rotatable bonds is 5. The van der Waals surface area contributed by atoms with Crippen LogP contribution in [0, 0.1) is 0 Å².